The fraction of sp³-hybridized carbons (Fsp3) is 0.125. The van der Waals surface area contributed by atoms with E-state index in [4.69, 9.17) is 14.9 Å². The minimum absolute atomic E-state index is 0.214. The van der Waals surface area contributed by atoms with E-state index >= 15 is 0 Å². The van der Waals surface area contributed by atoms with Crippen LogP contribution in [0.15, 0.2) is 12.1 Å². The highest BCUT2D eigenvalue weighted by Crippen LogP contribution is 2.35. The van der Waals surface area contributed by atoms with Gasteiger partial charge in [-0.05, 0) is 24.6 Å². The van der Waals surface area contributed by atoms with E-state index < -0.39 is 0 Å². The average Bonchev–Trinajstić information content (AvgIpc) is 1.96. The third kappa shape index (κ3) is 1.37. The van der Waals surface area contributed by atoms with E-state index in [1.165, 1.54) is 19.2 Å². The van der Waals surface area contributed by atoms with Gasteiger partial charge >= 0.3 is 0 Å². The fourth-order valence-electron chi connectivity index (χ4n) is 0.804. The van der Waals surface area contributed by atoms with Crippen LogP contribution >= 0.6 is 0 Å². The summed E-state index contributed by atoms with van der Waals surface area (Å²) in [7, 11) is 1.41. The molecule has 0 atom stereocenters. The van der Waals surface area contributed by atoms with Crippen molar-refractivity contribution in [2.45, 2.75) is 0 Å². The highest BCUT2D eigenvalue weighted by Gasteiger charge is 2.06. The first-order valence-corrected chi connectivity index (χ1v) is 3.07. The molecule has 0 bridgehead atoms. The molecule has 0 saturated carbocycles. The van der Waals surface area contributed by atoms with Crippen molar-refractivity contribution in [2.24, 2.45) is 0 Å². The Labute approximate surface area is 64.9 Å². The summed E-state index contributed by atoms with van der Waals surface area (Å²) in [5, 5.41) is 18.2. The number of methoxy groups -OCH3 is 1. The smallest absolute Gasteiger partial charge is 0.200 e. The van der Waals surface area contributed by atoms with E-state index in [9.17, 15) is 0 Å². The lowest BCUT2D eigenvalue weighted by Crippen LogP contribution is -1.84. The fourth-order valence-corrected chi connectivity index (χ4v) is 0.804. The molecule has 1 radical (unpaired) electrons. The number of benzene rings is 1. The average molecular weight is 153 g/mol. The monoisotopic (exact) mass is 153 g/mol. The van der Waals surface area contributed by atoms with Crippen LogP contribution in [0.25, 0.3) is 0 Å². The highest BCUT2D eigenvalue weighted by molar-refractivity contribution is 5.52. The van der Waals surface area contributed by atoms with Crippen LogP contribution in [-0.4, -0.2) is 17.3 Å². The Hall–Kier alpha value is -1.38. The van der Waals surface area contributed by atoms with E-state index in [0.29, 0.717) is 5.56 Å². The summed E-state index contributed by atoms with van der Waals surface area (Å²) in [5.74, 6) is -0.232. The number of phenols is 2. The minimum atomic E-state index is -0.250. The molecule has 0 aliphatic carbocycles. The van der Waals surface area contributed by atoms with Gasteiger partial charge in [-0.15, -0.1) is 0 Å². The molecule has 0 aliphatic heterocycles. The van der Waals surface area contributed by atoms with Crippen molar-refractivity contribution in [2.75, 3.05) is 7.11 Å². The Morgan fingerprint density at radius 1 is 1.36 bits per heavy atom. The summed E-state index contributed by atoms with van der Waals surface area (Å²) < 4.78 is 4.76. The van der Waals surface area contributed by atoms with E-state index in [0.717, 1.165) is 0 Å². The maximum atomic E-state index is 9.12. The highest BCUT2D eigenvalue weighted by atomic mass is 16.5. The molecule has 0 unspecified atom stereocenters. The van der Waals surface area contributed by atoms with Crippen LogP contribution in [0.4, 0.5) is 0 Å². The molecule has 59 valence electrons. The molecule has 0 spiro atoms. The second-order valence-electron chi connectivity index (χ2n) is 2.17. The van der Waals surface area contributed by atoms with Crippen molar-refractivity contribution in [1.82, 2.24) is 0 Å². The molecule has 3 heteroatoms. The Morgan fingerprint density at radius 2 is 2.00 bits per heavy atom. The van der Waals surface area contributed by atoms with E-state index in [1.54, 1.807) is 0 Å². The molecule has 2 N–H and O–H groups in total. The molecule has 0 aliphatic rings. The molecule has 0 fully saturated rings. The van der Waals surface area contributed by atoms with Crippen LogP contribution in [0.5, 0.6) is 17.2 Å². The van der Waals surface area contributed by atoms with Crippen molar-refractivity contribution in [3.8, 4) is 17.2 Å². The third-order valence-electron chi connectivity index (χ3n) is 1.33. The van der Waals surface area contributed by atoms with Crippen LogP contribution in [0.3, 0.4) is 0 Å². The predicted octanol–water partition coefficient (Wildman–Crippen LogP) is 1.29. The number of rotatable bonds is 1. The first kappa shape index (κ1) is 7.72. The molecule has 11 heavy (non-hydrogen) atoms. The van der Waals surface area contributed by atoms with Gasteiger partial charge in [-0.25, -0.2) is 0 Å². The lowest BCUT2D eigenvalue weighted by molar-refractivity contribution is 0.351. The number of hydrogen-bond acceptors (Lipinski definition) is 3. The maximum Gasteiger partial charge on any atom is 0.200 e. The summed E-state index contributed by atoms with van der Waals surface area (Å²) >= 11 is 0. The zero-order valence-electron chi connectivity index (χ0n) is 6.16. The zero-order chi connectivity index (χ0) is 8.43. The van der Waals surface area contributed by atoms with E-state index in [2.05, 4.69) is 6.92 Å². The molecule has 3 nitrogen and oxygen atoms in total. The standard InChI is InChI=1S/C8H9O3/c1-5-3-6(9)8(10)7(4-5)11-2/h3-4,9-10H,1H2,2H3. The third-order valence-corrected chi connectivity index (χ3v) is 1.33. The minimum Gasteiger partial charge on any atom is -0.504 e. The van der Waals surface area contributed by atoms with Gasteiger partial charge in [-0.2, -0.15) is 0 Å². The van der Waals surface area contributed by atoms with Gasteiger partial charge in [0.05, 0.1) is 7.11 Å². The topological polar surface area (TPSA) is 49.7 Å². The number of aromatic hydroxyl groups is 2. The maximum absolute atomic E-state index is 9.12. The Kier molecular flexibility index (Phi) is 1.89. The summed E-state index contributed by atoms with van der Waals surface area (Å²) in [6.45, 7) is 3.58. The van der Waals surface area contributed by atoms with Crippen molar-refractivity contribution in [1.29, 1.82) is 0 Å². The summed E-state index contributed by atoms with van der Waals surface area (Å²) in [6.07, 6.45) is 0. The zero-order valence-corrected chi connectivity index (χ0v) is 6.16. The Bertz CT molecular complexity index is 268. The molecule has 1 rings (SSSR count). The predicted molar refractivity (Wildman–Crippen MR) is 40.8 cm³/mol. The number of hydrogen-bond donors (Lipinski definition) is 2. The second-order valence-corrected chi connectivity index (χ2v) is 2.17. The summed E-state index contributed by atoms with van der Waals surface area (Å²) in [5.41, 5.74) is 0.595. The van der Waals surface area contributed by atoms with Gasteiger partial charge in [-0.1, -0.05) is 0 Å². The first-order valence-electron chi connectivity index (χ1n) is 3.07. The largest absolute Gasteiger partial charge is 0.504 e. The number of ether oxygens (including phenoxy) is 1. The van der Waals surface area contributed by atoms with Gasteiger partial charge in [0.2, 0.25) is 5.75 Å². The van der Waals surface area contributed by atoms with Gasteiger partial charge in [-0.3, -0.25) is 0 Å². The second kappa shape index (κ2) is 2.70. The van der Waals surface area contributed by atoms with Crippen LogP contribution in [0, 0.1) is 6.92 Å². The molecule has 0 saturated heterocycles. The summed E-state index contributed by atoms with van der Waals surface area (Å²) in [6, 6.07) is 2.90. The van der Waals surface area contributed by atoms with Crippen molar-refractivity contribution in [3.05, 3.63) is 24.6 Å². The molecular weight excluding hydrogens is 144 g/mol. The van der Waals surface area contributed by atoms with Crippen molar-refractivity contribution >= 4 is 0 Å². The van der Waals surface area contributed by atoms with Gasteiger partial charge < -0.3 is 14.9 Å². The first-order chi connectivity index (χ1) is 5.15. The molecule has 1 aromatic rings. The van der Waals surface area contributed by atoms with E-state index in [-0.39, 0.29) is 17.2 Å². The van der Waals surface area contributed by atoms with Gasteiger partial charge in [0.25, 0.3) is 0 Å². The van der Waals surface area contributed by atoms with Crippen LogP contribution in [0.2, 0.25) is 0 Å². The van der Waals surface area contributed by atoms with Gasteiger partial charge in [0.1, 0.15) is 0 Å². The quantitative estimate of drug-likeness (QED) is 0.597. The van der Waals surface area contributed by atoms with Crippen LogP contribution in [-0.2, 0) is 0 Å². The van der Waals surface area contributed by atoms with Gasteiger partial charge in [0.15, 0.2) is 11.5 Å². The van der Waals surface area contributed by atoms with Crippen LogP contribution < -0.4 is 4.74 Å². The van der Waals surface area contributed by atoms with Gasteiger partial charge in [0, 0.05) is 0 Å². The lowest BCUT2D eigenvalue weighted by Gasteiger charge is -2.05. The molecule has 1 aromatic carbocycles. The SMILES string of the molecule is [CH2]c1cc(O)c(O)c(OC)c1. The Morgan fingerprint density at radius 3 is 2.55 bits per heavy atom. The van der Waals surface area contributed by atoms with Crippen molar-refractivity contribution in [3.63, 3.8) is 0 Å². The summed E-state index contributed by atoms with van der Waals surface area (Å²) in [4.78, 5) is 0. The molecule has 0 amide bonds. The van der Waals surface area contributed by atoms with Crippen molar-refractivity contribution < 1.29 is 14.9 Å². The lowest BCUT2D eigenvalue weighted by atomic mass is 10.2. The molecule has 0 heterocycles. The normalized spacial score (nSPS) is 9.64. The molecular formula is C8H9O3. The number of phenolic OH excluding ortho intramolecular Hbond substituents is 2. The Balaban J connectivity index is 3.24. The molecule has 0 aromatic heterocycles. The van der Waals surface area contributed by atoms with Crippen LogP contribution in [0.1, 0.15) is 5.56 Å². The van der Waals surface area contributed by atoms with E-state index in [1.807, 2.05) is 0 Å².